The zero-order valence-corrected chi connectivity index (χ0v) is 10.4. The SMILES string of the molecule is CCc1nn(C2(C(=O)O)CCCOC2)cc1Cl. The molecule has 6 heteroatoms. The lowest BCUT2D eigenvalue weighted by atomic mass is 9.93. The summed E-state index contributed by atoms with van der Waals surface area (Å²) < 4.78 is 6.75. The molecule has 0 radical (unpaired) electrons. The number of carboxylic acids is 1. The van der Waals surface area contributed by atoms with Gasteiger partial charge in [-0.25, -0.2) is 4.79 Å². The summed E-state index contributed by atoms with van der Waals surface area (Å²) in [5.41, 5.74) is -0.382. The maximum atomic E-state index is 11.5. The minimum absolute atomic E-state index is 0.142. The van der Waals surface area contributed by atoms with Crippen LogP contribution in [0.4, 0.5) is 0 Å². The summed E-state index contributed by atoms with van der Waals surface area (Å²) >= 11 is 6.01. The number of aliphatic carboxylic acids is 1. The number of aryl methyl sites for hydroxylation is 1. The van der Waals surface area contributed by atoms with E-state index in [-0.39, 0.29) is 6.61 Å². The lowest BCUT2D eigenvalue weighted by Crippen LogP contribution is -2.49. The first-order valence-corrected chi connectivity index (χ1v) is 6.03. The van der Waals surface area contributed by atoms with Crippen LogP contribution in [0.3, 0.4) is 0 Å². The molecule has 0 saturated carbocycles. The Morgan fingerprint density at radius 1 is 1.76 bits per heavy atom. The number of hydrogen-bond acceptors (Lipinski definition) is 3. The highest BCUT2D eigenvalue weighted by atomic mass is 35.5. The summed E-state index contributed by atoms with van der Waals surface area (Å²) in [7, 11) is 0. The molecule has 0 aromatic carbocycles. The fourth-order valence-electron chi connectivity index (χ4n) is 2.07. The van der Waals surface area contributed by atoms with Crippen molar-refractivity contribution >= 4 is 17.6 Å². The van der Waals surface area contributed by atoms with Crippen LogP contribution in [-0.4, -0.2) is 34.1 Å². The molecule has 1 saturated heterocycles. The Bertz CT molecular complexity index is 424. The number of halogens is 1. The van der Waals surface area contributed by atoms with E-state index in [1.165, 1.54) is 4.68 Å². The van der Waals surface area contributed by atoms with Gasteiger partial charge in [-0.3, -0.25) is 4.68 Å². The van der Waals surface area contributed by atoms with Crippen LogP contribution in [-0.2, 0) is 21.5 Å². The molecule has 1 aliphatic heterocycles. The van der Waals surface area contributed by atoms with E-state index in [1.807, 2.05) is 6.92 Å². The molecule has 1 aliphatic rings. The molecule has 2 rings (SSSR count). The van der Waals surface area contributed by atoms with Crippen LogP contribution in [0.15, 0.2) is 6.20 Å². The standard InChI is InChI=1S/C11H15ClN2O3/c1-2-9-8(12)6-14(13-9)11(10(15)16)4-3-5-17-7-11/h6H,2-5,7H2,1H3,(H,15,16). The minimum Gasteiger partial charge on any atom is -0.479 e. The van der Waals surface area contributed by atoms with Gasteiger partial charge in [-0.05, 0) is 19.3 Å². The van der Waals surface area contributed by atoms with Crippen LogP contribution in [0.1, 0.15) is 25.5 Å². The van der Waals surface area contributed by atoms with Crippen LogP contribution in [0.5, 0.6) is 0 Å². The van der Waals surface area contributed by atoms with E-state index in [1.54, 1.807) is 6.20 Å². The van der Waals surface area contributed by atoms with Gasteiger partial charge < -0.3 is 9.84 Å². The highest BCUT2D eigenvalue weighted by molar-refractivity contribution is 6.31. The smallest absolute Gasteiger partial charge is 0.334 e. The lowest BCUT2D eigenvalue weighted by Gasteiger charge is -2.33. The second kappa shape index (κ2) is 4.66. The van der Waals surface area contributed by atoms with Gasteiger partial charge in [-0.1, -0.05) is 18.5 Å². The third-order valence-corrected chi connectivity index (χ3v) is 3.45. The highest BCUT2D eigenvalue weighted by Crippen LogP contribution is 2.29. The van der Waals surface area contributed by atoms with E-state index >= 15 is 0 Å². The second-order valence-corrected chi connectivity index (χ2v) is 4.62. The van der Waals surface area contributed by atoms with Gasteiger partial charge in [-0.2, -0.15) is 5.10 Å². The van der Waals surface area contributed by atoms with E-state index < -0.39 is 11.5 Å². The van der Waals surface area contributed by atoms with Crippen molar-refractivity contribution in [1.82, 2.24) is 9.78 Å². The number of carbonyl (C=O) groups is 1. The summed E-state index contributed by atoms with van der Waals surface area (Å²) in [4.78, 5) is 11.5. The quantitative estimate of drug-likeness (QED) is 0.896. The zero-order valence-electron chi connectivity index (χ0n) is 9.65. The number of aromatic nitrogens is 2. The molecule has 0 amide bonds. The van der Waals surface area contributed by atoms with E-state index in [0.717, 1.165) is 5.69 Å². The Morgan fingerprint density at radius 3 is 3.00 bits per heavy atom. The number of ether oxygens (including phenoxy) is 1. The number of hydrogen-bond donors (Lipinski definition) is 1. The molecule has 1 N–H and O–H groups in total. The van der Waals surface area contributed by atoms with Gasteiger partial charge >= 0.3 is 5.97 Å². The van der Waals surface area contributed by atoms with Gasteiger partial charge in [0.2, 0.25) is 0 Å². The van der Waals surface area contributed by atoms with Gasteiger partial charge in [0.25, 0.3) is 0 Å². The molecule has 0 spiro atoms. The summed E-state index contributed by atoms with van der Waals surface area (Å²) in [6.45, 7) is 2.68. The Morgan fingerprint density at radius 2 is 2.53 bits per heavy atom. The zero-order chi connectivity index (χ0) is 12.5. The average Bonchev–Trinajstić information content (AvgIpc) is 2.71. The van der Waals surface area contributed by atoms with Gasteiger partial charge in [0.15, 0.2) is 5.54 Å². The fourth-order valence-corrected chi connectivity index (χ4v) is 2.34. The molecule has 2 heterocycles. The van der Waals surface area contributed by atoms with Crippen LogP contribution < -0.4 is 0 Å². The largest absolute Gasteiger partial charge is 0.479 e. The van der Waals surface area contributed by atoms with E-state index in [4.69, 9.17) is 16.3 Å². The molecule has 1 aromatic heterocycles. The normalized spacial score (nSPS) is 24.8. The maximum absolute atomic E-state index is 11.5. The molecule has 17 heavy (non-hydrogen) atoms. The first kappa shape index (κ1) is 12.4. The summed E-state index contributed by atoms with van der Waals surface area (Å²) in [6.07, 6.45) is 3.50. The van der Waals surface area contributed by atoms with Crippen LogP contribution in [0.25, 0.3) is 0 Å². The van der Waals surface area contributed by atoms with Gasteiger partial charge in [0.1, 0.15) is 0 Å². The van der Waals surface area contributed by atoms with Crippen molar-refractivity contribution in [2.75, 3.05) is 13.2 Å². The number of carboxylic acid groups (broad SMARTS) is 1. The van der Waals surface area contributed by atoms with Crippen LogP contribution in [0, 0.1) is 0 Å². The van der Waals surface area contributed by atoms with Crippen molar-refractivity contribution in [2.24, 2.45) is 0 Å². The molecule has 1 atom stereocenters. The summed E-state index contributed by atoms with van der Waals surface area (Å²) in [5.74, 6) is -0.918. The van der Waals surface area contributed by atoms with Gasteiger partial charge in [0.05, 0.1) is 17.3 Å². The molecule has 1 unspecified atom stereocenters. The fraction of sp³-hybridized carbons (Fsp3) is 0.636. The number of rotatable bonds is 3. The Kier molecular flexibility index (Phi) is 3.40. The third-order valence-electron chi connectivity index (χ3n) is 3.13. The van der Waals surface area contributed by atoms with Crippen molar-refractivity contribution in [3.63, 3.8) is 0 Å². The van der Waals surface area contributed by atoms with Crippen LogP contribution >= 0.6 is 11.6 Å². The molecule has 1 fully saturated rings. The van der Waals surface area contributed by atoms with Crippen molar-refractivity contribution in [2.45, 2.75) is 31.7 Å². The highest BCUT2D eigenvalue weighted by Gasteiger charge is 2.43. The minimum atomic E-state index is -1.10. The average molecular weight is 259 g/mol. The molecular weight excluding hydrogens is 244 g/mol. The second-order valence-electron chi connectivity index (χ2n) is 4.21. The Balaban J connectivity index is 2.41. The molecule has 1 aromatic rings. The lowest BCUT2D eigenvalue weighted by molar-refractivity contribution is -0.156. The molecule has 0 aliphatic carbocycles. The van der Waals surface area contributed by atoms with Crippen molar-refractivity contribution < 1.29 is 14.6 Å². The first-order valence-electron chi connectivity index (χ1n) is 5.66. The maximum Gasteiger partial charge on any atom is 0.334 e. The monoisotopic (exact) mass is 258 g/mol. The topological polar surface area (TPSA) is 64.4 Å². The third kappa shape index (κ3) is 2.05. The van der Waals surface area contributed by atoms with E-state index in [9.17, 15) is 9.90 Å². The van der Waals surface area contributed by atoms with Gasteiger partial charge in [-0.15, -0.1) is 0 Å². The predicted octanol–water partition coefficient (Wildman–Crippen LogP) is 1.69. The van der Waals surface area contributed by atoms with Gasteiger partial charge in [0, 0.05) is 12.8 Å². The van der Waals surface area contributed by atoms with E-state index in [2.05, 4.69) is 5.10 Å². The Labute approximate surface area is 104 Å². The van der Waals surface area contributed by atoms with Crippen molar-refractivity contribution in [3.8, 4) is 0 Å². The van der Waals surface area contributed by atoms with Crippen molar-refractivity contribution in [3.05, 3.63) is 16.9 Å². The molecular formula is C11H15ClN2O3. The molecule has 5 nitrogen and oxygen atoms in total. The molecule has 0 bridgehead atoms. The Hall–Kier alpha value is -1.07. The number of nitrogens with zero attached hydrogens (tertiary/aromatic N) is 2. The summed E-state index contributed by atoms with van der Waals surface area (Å²) in [5, 5.41) is 14.2. The van der Waals surface area contributed by atoms with E-state index in [0.29, 0.717) is 30.9 Å². The predicted molar refractivity (Wildman–Crippen MR) is 62.3 cm³/mol. The van der Waals surface area contributed by atoms with Crippen LogP contribution in [0.2, 0.25) is 5.02 Å². The molecule has 94 valence electrons. The first-order chi connectivity index (χ1) is 8.10. The van der Waals surface area contributed by atoms with Crippen molar-refractivity contribution in [1.29, 1.82) is 0 Å². The summed E-state index contributed by atoms with van der Waals surface area (Å²) in [6, 6.07) is 0.